The van der Waals surface area contributed by atoms with Crippen LogP contribution >= 0.6 is 0 Å². The van der Waals surface area contributed by atoms with Gasteiger partial charge in [0, 0.05) is 11.3 Å². The second-order valence-electron chi connectivity index (χ2n) is 6.20. The lowest BCUT2D eigenvalue weighted by molar-refractivity contribution is 0.102. The molecular formula is C18H19N5O3S. The van der Waals surface area contributed by atoms with Crippen molar-refractivity contribution in [1.82, 2.24) is 14.8 Å². The zero-order valence-electron chi connectivity index (χ0n) is 14.9. The molecule has 9 heteroatoms. The van der Waals surface area contributed by atoms with Crippen molar-refractivity contribution >= 4 is 21.6 Å². The van der Waals surface area contributed by atoms with Crippen molar-refractivity contribution in [3.63, 3.8) is 0 Å². The van der Waals surface area contributed by atoms with Gasteiger partial charge in [0.15, 0.2) is 0 Å². The smallest absolute Gasteiger partial charge is 0.255 e. The number of sulfonamides is 1. The number of nitrogens with two attached hydrogens (primary N) is 1. The number of amides is 1. The second kappa shape index (κ2) is 7.29. The maximum atomic E-state index is 12.5. The average molecular weight is 385 g/mol. The molecular weight excluding hydrogens is 366 g/mol. The number of carbonyl (C=O) groups is 1. The van der Waals surface area contributed by atoms with E-state index in [2.05, 4.69) is 15.4 Å². The first-order chi connectivity index (χ1) is 12.7. The van der Waals surface area contributed by atoms with Crippen LogP contribution in [-0.2, 0) is 16.6 Å². The van der Waals surface area contributed by atoms with Gasteiger partial charge in [-0.05, 0) is 54.8 Å². The highest BCUT2D eigenvalue weighted by Gasteiger charge is 2.15. The second-order valence-corrected chi connectivity index (χ2v) is 7.76. The summed E-state index contributed by atoms with van der Waals surface area (Å²) in [5, 5.41) is 12.0. The van der Waals surface area contributed by atoms with Crippen LogP contribution in [0.3, 0.4) is 0 Å². The molecule has 3 rings (SSSR count). The van der Waals surface area contributed by atoms with Crippen LogP contribution in [0, 0.1) is 13.8 Å². The standard InChI is InChI=1S/C18H19N5O3S/c1-12-7-16(27(19,25)26)8-17(13(12)2)22-18(24)15-5-3-14(4-6-15)9-23-11-20-10-21-23/h3-8,10-11H,9H2,1-2H3,(H,22,24)(H2,19,25,26). The van der Waals surface area contributed by atoms with E-state index in [4.69, 9.17) is 5.14 Å². The van der Waals surface area contributed by atoms with Crippen molar-refractivity contribution in [2.24, 2.45) is 5.14 Å². The van der Waals surface area contributed by atoms with Crippen LogP contribution in [0.25, 0.3) is 0 Å². The minimum absolute atomic E-state index is 0.0379. The van der Waals surface area contributed by atoms with Gasteiger partial charge < -0.3 is 5.32 Å². The molecule has 1 amide bonds. The molecule has 8 nitrogen and oxygen atoms in total. The fourth-order valence-electron chi connectivity index (χ4n) is 2.58. The highest BCUT2D eigenvalue weighted by molar-refractivity contribution is 7.89. The molecule has 0 aliphatic carbocycles. The Morgan fingerprint density at radius 3 is 2.48 bits per heavy atom. The summed E-state index contributed by atoms with van der Waals surface area (Å²) in [6.45, 7) is 4.12. The summed E-state index contributed by atoms with van der Waals surface area (Å²) in [7, 11) is -3.86. The van der Waals surface area contributed by atoms with Crippen molar-refractivity contribution in [2.75, 3.05) is 5.32 Å². The first kappa shape index (κ1) is 18.7. The van der Waals surface area contributed by atoms with E-state index < -0.39 is 10.0 Å². The molecule has 27 heavy (non-hydrogen) atoms. The summed E-state index contributed by atoms with van der Waals surface area (Å²) in [5.74, 6) is -0.337. The molecule has 3 N–H and O–H groups in total. The molecule has 0 aliphatic heterocycles. The van der Waals surface area contributed by atoms with Crippen LogP contribution in [0.5, 0.6) is 0 Å². The van der Waals surface area contributed by atoms with Crippen molar-refractivity contribution in [3.8, 4) is 0 Å². The van der Waals surface area contributed by atoms with E-state index in [1.54, 1.807) is 37.0 Å². The van der Waals surface area contributed by atoms with Crippen molar-refractivity contribution in [2.45, 2.75) is 25.3 Å². The Kier molecular flexibility index (Phi) is 5.06. The topological polar surface area (TPSA) is 120 Å². The maximum absolute atomic E-state index is 12.5. The monoisotopic (exact) mass is 385 g/mol. The Labute approximate surface area is 157 Å². The van der Waals surface area contributed by atoms with Crippen LogP contribution in [0.2, 0.25) is 0 Å². The summed E-state index contributed by atoms with van der Waals surface area (Å²) >= 11 is 0. The number of carbonyl (C=O) groups excluding carboxylic acids is 1. The first-order valence-electron chi connectivity index (χ1n) is 8.11. The minimum Gasteiger partial charge on any atom is -0.322 e. The molecule has 140 valence electrons. The van der Waals surface area contributed by atoms with E-state index in [1.165, 1.54) is 18.5 Å². The lowest BCUT2D eigenvalue weighted by Gasteiger charge is -2.13. The van der Waals surface area contributed by atoms with E-state index in [9.17, 15) is 13.2 Å². The summed E-state index contributed by atoms with van der Waals surface area (Å²) in [6.07, 6.45) is 3.08. The Balaban J connectivity index is 1.80. The largest absolute Gasteiger partial charge is 0.322 e. The normalized spacial score (nSPS) is 11.4. The molecule has 0 spiro atoms. The fourth-order valence-corrected chi connectivity index (χ4v) is 3.20. The van der Waals surface area contributed by atoms with Gasteiger partial charge in [0.05, 0.1) is 11.4 Å². The van der Waals surface area contributed by atoms with E-state index in [-0.39, 0.29) is 10.8 Å². The predicted octanol–water partition coefficient (Wildman–Crippen LogP) is 1.84. The number of rotatable bonds is 5. The third-order valence-electron chi connectivity index (χ3n) is 4.24. The van der Waals surface area contributed by atoms with E-state index >= 15 is 0 Å². The molecule has 2 aromatic carbocycles. The molecule has 0 fully saturated rings. The molecule has 0 saturated heterocycles. The lowest BCUT2D eigenvalue weighted by atomic mass is 10.1. The molecule has 0 saturated carbocycles. The number of nitrogens with one attached hydrogen (secondary N) is 1. The third-order valence-corrected chi connectivity index (χ3v) is 5.14. The highest BCUT2D eigenvalue weighted by atomic mass is 32.2. The van der Waals surface area contributed by atoms with Crippen LogP contribution in [0.1, 0.15) is 27.0 Å². The molecule has 0 radical (unpaired) electrons. The number of primary sulfonamides is 1. The Bertz CT molecular complexity index is 1070. The van der Waals surface area contributed by atoms with Gasteiger partial charge in [0.2, 0.25) is 10.0 Å². The summed E-state index contributed by atoms with van der Waals surface area (Å²) in [6, 6.07) is 9.92. The van der Waals surface area contributed by atoms with Gasteiger partial charge >= 0.3 is 0 Å². The number of anilines is 1. The zero-order valence-corrected chi connectivity index (χ0v) is 15.7. The lowest BCUT2D eigenvalue weighted by Crippen LogP contribution is -2.16. The summed E-state index contributed by atoms with van der Waals surface area (Å²) in [5.41, 5.74) is 3.34. The van der Waals surface area contributed by atoms with Crippen molar-refractivity contribution in [1.29, 1.82) is 0 Å². The van der Waals surface area contributed by atoms with Crippen LogP contribution in [0.4, 0.5) is 5.69 Å². The quantitative estimate of drug-likeness (QED) is 0.694. The van der Waals surface area contributed by atoms with E-state index in [0.29, 0.717) is 17.8 Å². The van der Waals surface area contributed by atoms with Crippen LogP contribution in [-0.4, -0.2) is 29.1 Å². The van der Waals surface area contributed by atoms with Gasteiger partial charge in [-0.25, -0.2) is 23.2 Å². The molecule has 0 bridgehead atoms. The molecule has 1 heterocycles. The van der Waals surface area contributed by atoms with Crippen molar-refractivity contribution < 1.29 is 13.2 Å². The number of aryl methyl sites for hydroxylation is 1. The first-order valence-corrected chi connectivity index (χ1v) is 9.65. The van der Waals surface area contributed by atoms with Gasteiger partial charge in [0.25, 0.3) is 5.91 Å². The number of aromatic nitrogens is 3. The van der Waals surface area contributed by atoms with Gasteiger partial charge in [-0.2, -0.15) is 5.10 Å². The summed E-state index contributed by atoms with van der Waals surface area (Å²) in [4.78, 5) is 16.4. The van der Waals surface area contributed by atoms with Crippen LogP contribution in [0.15, 0.2) is 53.9 Å². The number of hydrogen-bond acceptors (Lipinski definition) is 5. The van der Waals surface area contributed by atoms with Gasteiger partial charge in [0.1, 0.15) is 12.7 Å². The molecule has 0 unspecified atom stereocenters. The molecule has 0 aliphatic rings. The third kappa shape index (κ3) is 4.39. The predicted molar refractivity (Wildman–Crippen MR) is 101 cm³/mol. The van der Waals surface area contributed by atoms with Crippen molar-refractivity contribution in [3.05, 3.63) is 71.3 Å². The molecule has 0 atom stereocenters. The zero-order chi connectivity index (χ0) is 19.6. The fraction of sp³-hybridized carbons (Fsp3) is 0.167. The molecule has 1 aromatic heterocycles. The maximum Gasteiger partial charge on any atom is 0.255 e. The Morgan fingerprint density at radius 2 is 1.89 bits per heavy atom. The average Bonchev–Trinajstić information content (AvgIpc) is 3.11. The highest BCUT2D eigenvalue weighted by Crippen LogP contribution is 2.24. The van der Waals surface area contributed by atoms with E-state index in [1.807, 2.05) is 12.1 Å². The van der Waals surface area contributed by atoms with Gasteiger partial charge in [-0.15, -0.1) is 0 Å². The number of benzene rings is 2. The Morgan fingerprint density at radius 1 is 1.19 bits per heavy atom. The van der Waals surface area contributed by atoms with Gasteiger partial charge in [-0.3, -0.25) is 4.79 Å². The minimum atomic E-state index is -3.86. The Hall–Kier alpha value is -3.04. The summed E-state index contributed by atoms with van der Waals surface area (Å²) < 4.78 is 24.9. The van der Waals surface area contributed by atoms with Crippen LogP contribution < -0.4 is 10.5 Å². The SMILES string of the molecule is Cc1cc(S(N)(=O)=O)cc(NC(=O)c2ccc(Cn3cncn3)cc2)c1C. The van der Waals surface area contributed by atoms with E-state index in [0.717, 1.165) is 16.7 Å². The number of nitrogens with zero attached hydrogens (tertiary/aromatic N) is 3. The molecule has 3 aromatic rings. The van der Waals surface area contributed by atoms with Gasteiger partial charge in [-0.1, -0.05) is 12.1 Å². The number of hydrogen-bond donors (Lipinski definition) is 2.